The lowest BCUT2D eigenvalue weighted by Crippen LogP contribution is -3.00. The lowest BCUT2D eigenvalue weighted by Gasteiger charge is -2.03. The van der Waals surface area contributed by atoms with E-state index in [0.717, 1.165) is 12.4 Å². The molecular weight excluding hydrogens is 268 g/mol. The molecule has 3 aromatic rings. The summed E-state index contributed by atoms with van der Waals surface area (Å²) in [6, 6.07) is 21.0. The van der Waals surface area contributed by atoms with Crippen molar-refractivity contribution in [3.63, 3.8) is 0 Å². The highest BCUT2D eigenvalue weighted by Crippen LogP contribution is 2.14. The summed E-state index contributed by atoms with van der Waals surface area (Å²) in [4.78, 5) is 3.37. The van der Waals surface area contributed by atoms with Gasteiger partial charge >= 0.3 is 0 Å². The summed E-state index contributed by atoms with van der Waals surface area (Å²) in [6.07, 6.45) is 2.06. The molecular formula is C17H17ClN2. The number of benzene rings is 2. The monoisotopic (exact) mass is 284 g/mol. The first-order valence-electron chi connectivity index (χ1n) is 6.52. The van der Waals surface area contributed by atoms with Crippen LogP contribution >= 0.6 is 0 Å². The number of hydrogen-bond acceptors (Lipinski definition) is 0. The van der Waals surface area contributed by atoms with E-state index in [1.54, 1.807) is 0 Å². The van der Waals surface area contributed by atoms with Gasteiger partial charge in [0.2, 0.25) is 0 Å². The Morgan fingerprint density at radius 3 is 2.15 bits per heavy atom. The van der Waals surface area contributed by atoms with Crippen molar-refractivity contribution in [3.05, 3.63) is 78.1 Å². The maximum atomic E-state index is 3.37. The molecule has 2 nitrogen and oxygen atoms in total. The molecule has 0 aliphatic rings. The maximum Gasteiger partial charge on any atom is 0.287 e. The van der Waals surface area contributed by atoms with Gasteiger partial charge in [-0.25, -0.2) is 9.55 Å². The van der Waals surface area contributed by atoms with Gasteiger partial charge < -0.3 is 12.4 Å². The van der Waals surface area contributed by atoms with Gasteiger partial charge in [-0.1, -0.05) is 48.5 Å². The van der Waals surface area contributed by atoms with Gasteiger partial charge in [0.25, 0.3) is 5.82 Å². The summed E-state index contributed by atoms with van der Waals surface area (Å²) in [5.41, 5.74) is 3.77. The molecule has 2 aromatic carbocycles. The van der Waals surface area contributed by atoms with E-state index in [-0.39, 0.29) is 12.4 Å². The van der Waals surface area contributed by atoms with Gasteiger partial charge in [0.1, 0.15) is 18.4 Å². The van der Waals surface area contributed by atoms with E-state index in [4.69, 9.17) is 0 Å². The number of H-pyrrole nitrogens is 1. The number of rotatable bonds is 3. The first-order chi connectivity index (χ1) is 9.34. The van der Waals surface area contributed by atoms with Crippen molar-refractivity contribution in [1.82, 2.24) is 4.98 Å². The third-order valence-electron chi connectivity index (χ3n) is 3.34. The third-order valence-corrected chi connectivity index (χ3v) is 3.34. The molecule has 0 aliphatic carbocycles. The summed E-state index contributed by atoms with van der Waals surface area (Å²) in [5, 5.41) is 0. The zero-order valence-electron chi connectivity index (χ0n) is 11.4. The fraction of sp³-hybridized carbons (Fsp3) is 0.118. The predicted octanol–water partition coefficient (Wildman–Crippen LogP) is 0.330. The Labute approximate surface area is 125 Å². The average Bonchev–Trinajstić information content (AvgIpc) is 2.82. The number of imidazole rings is 1. The largest absolute Gasteiger partial charge is 1.00 e. The quantitative estimate of drug-likeness (QED) is 0.669. The number of nitrogens with zero attached hydrogens (tertiary/aromatic N) is 1. The molecule has 0 amide bonds. The molecule has 0 aliphatic heterocycles. The van der Waals surface area contributed by atoms with E-state index in [0.29, 0.717) is 0 Å². The molecule has 102 valence electrons. The highest BCUT2D eigenvalue weighted by Gasteiger charge is 2.16. The van der Waals surface area contributed by atoms with E-state index in [9.17, 15) is 0 Å². The van der Waals surface area contributed by atoms with Crippen molar-refractivity contribution in [1.29, 1.82) is 0 Å². The SMILES string of the molecule is Cc1c[nH]c(-c2ccccc2)[n+]1Cc1ccccc1.[Cl-]. The van der Waals surface area contributed by atoms with Crippen molar-refractivity contribution in [3.8, 4) is 11.4 Å². The van der Waals surface area contributed by atoms with Gasteiger partial charge in [0, 0.05) is 6.92 Å². The summed E-state index contributed by atoms with van der Waals surface area (Å²) in [6.45, 7) is 3.02. The molecule has 0 fully saturated rings. The molecule has 0 spiro atoms. The van der Waals surface area contributed by atoms with Crippen molar-refractivity contribution in [2.75, 3.05) is 0 Å². The Bertz CT molecular complexity index is 660. The van der Waals surface area contributed by atoms with Crippen molar-refractivity contribution in [2.45, 2.75) is 13.5 Å². The second kappa shape index (κ2) is 6.40. The molecule has 0 atom stereocenters. The van der Waals surface area contributed by atoms with Crippen LogP contribution in [0.25, 0.3) is 11.4 Å². The molecule has 3 heteroatoms. The molecule has 1 heterocycles. The summed E-state index contributed by atoms with van der Waals surface area (Å²) < 4.78 is 2.31. The van der Waals surface area contributed by atoms with Crippen LogP contribution < -0.4 is 17.0 Å². The van der Waals surface area contributed by atoms with E-state index in [1.807, 2.05) is 6.07 Å². The molecule has 0 bridgehead atoms. The van der Waals surface area contributed by atoms with E-state index >= 15 is 0 Å². The van der Waals surface area contributed by atoms with Gasteiger partial charge in [0.05, 0.1) is 5.56 Å². The Balaban J connectivity index is 0.00000147. The third kappa shape index (κ3) is 2.91. The number of nitrogens with one attached hydrogen (secondary N) is 1. The minimum absolute atomic E-state index is 0. The number of aromatic nitrogens is 2. The zero-order chi connectivity index (χ0) is 13.1. The molecule has 20 heavy (non-hydrogen) atoms. The van der Waals surface area contributed by atoms with Crippen LogP contribution in [0.1, 0.15) is 11.3 Å². The second-order valence-corrected chi connectivity index (χ2v) is 4.72. The van der Waals surface area contributed by atoms with Crippen LogP contribution in [-0.2, 0) is 6.54 Å². The number of aromatic amines is 1. The average molecular weight is 285 g/mol. The van der Waals surface area contributed by atoms with Crippen LogP contribution in [0, 0.1) is 6.92 Å². The highest BCUT2D eigenvalue weighted by molar-refractivity contribution is 5.51. The lowest BCUT2D eigenvalue weighted by molar-refractivity contribution is -0.681. The van der Waals surface area contributed by atoms with Gasteiger partial charge in [-0.3, -0.25) is 0 Å². The smallest absolute Gasteiger partial charge is 0.287 e. The first-order valence-corrected chi connectivity index (χ1v) is 6.52. The minimum Gasteiger partial charge on any atom is -1.00 e. The van der Waals surface area contributed by atoms with Gasteiger partial charge in [-0.2, -0.15) is 0 Å². The van der Waals surface area contributed by atoms with Crippen molar-refractivity contribution < 1.29 is 17.0 Å². The highest BCUT2D eigenvalue weighted by atomic mass is 35.5. The molecule has 0 saturated heterocycles. The van der Waals surface area contributed by atoms with Crippen LogP contribution in [0.2, 0.25) is 0 Å². The summed E-state index contributed by atoms with van der Waals surface area (Å²) in [5.74, 6) is 1.15. The van der Waals surface area contributed by atoms with Crippen LogP contribution in [0.3, 0.4) is 0 Å². The van der Waals surface area contributed by atoms with Crippen LogP contribution in [0.5, 0.6) is 0 Å². The molecule has 1 aromatic heterocycles. The number of hydrogen-bond donors (Lipinski definition) is 1. The zero-order valence-corrected chi connectivity index (χ0v) is 12.1. The standard InChI is InChI=1S/C17H16N2.ClH/c1-14-12-18-17(16-10-6-3-7-11-16)19(14)13-15-8-4-2-5-9-15;/h2-12H,13H2,1H3;1H. The topological polar surface area (TPSA) is 19.7 Å². The Morgan fingerprint density at radius 2 is 1.50 bits per heavy atom. The minimum atomic E-state index is 0. The van der Waals surface area contributed by atoms with E-state index < -0.39 is 0 Å². The second-order valence-electron chi connectivity index (χ2n) is 4.72. The van der Waals surface area contributed by atoms with Gasteiger partial charge in [-0.05, 0) is 17.7 Å². The summed E-state index contributed by atoms with van der Waals surface area (Å²) in [7, 11) is 0. The normalized spacial score (nSPS) is 10.1. The van der Waals surface area contributed by atoms with Crippen LogP contribution in [-0.4, -0.2) is 4.98 Å². The van der Waals surface area contributed by atoms with Crippen molar-refractivity contribution in [2.24, 2.45) is 0 Å². The molecule has 0 unspecified atom stereocenters. The molecule has 3 rings (SSSR count). The fourth-order valence-electron chi connectivity index (χ4n) is 2.31. The van der Waals surface area contributed by atoms with Crippen LogP contribution in [0.15, 0.2) is 66.9 Å². The van der Waals surface area contributed by atoms with Gasteiger partial charge in [0.15, 0.2) is 0 Å². The molecule has 0 saturated carbocycles. The van der Waals surface area contributed by atoms with E-state index in [2.05, 4.69) is 77.3 Å². The molecule has 1 N–H and O–H groups in total. The van der Waals surface area contributed by atoms with E-state index in [1.165, 1.54) is 16.8 Å². The number of halogens is 1. The Hall–Kier alpha value is -2.06. The lowest BCUT2D eigenvalue weighted by atomic mass is 10.2. The Morgan fingerprint density at radius 1 is 0.900 bits per heavy atom. The fourth-order valence-corrected chi connectivity index (χ4v) is 2.31. The molecule has 0 radical (unpaired) electrons. The predicted molar refractivity (Wildman–Crippen MR) is 76.7 cm³/mol. The van der Waals surface area contributed by atoms with Crippen molar-refractivity contribution >= 4 is 0 Å². The maximum absolute atomic E-state index is 3.37. The summed E-state index contributed by atoms with van der Waals surface area (Å²) >= 11 is 0. The first kappa shape index (κ1) is 14.4. The van der Waals surface area contributed by atoms with Crippen LogP contribution in [0.4, 0.5) is 0 Å². The van der Waals surface area contributed by atoms with Gasteiger partial charge in [-0.15, -0.1) is 0 Å². The Kier molecular flexibility index (Phi) is 4.59. The number of aryl methyl sites for hydroxylation is 1.